The predicted molar refractivity (Wildman–Crippen MR) is 91.5 cm³/mol. The molecule has 1 aromatic carbocycles. The molecule has 1 saturated carbocycles. The van der Waals surface area contributed by atoms with Gasteiger partial charge in [-0.05, 0) is 30.4 Å². The van der Waals surface area contributed by atoms with Crippen molar-refractivity contribution in [2.75, 3.05) is 20.3 Å². The second kappa shape index (κ2) is 6.91. The van der Waals surface area contributed by atoms with Gasteiger partial charge in [-0.25, -0.2) is 4.79 Å². The number of urea groups is 1. The Morgan fingerprint density at radius 3 is 2.87 bits per heavy atom. The summed E-state index contributed by atoms with van der Waals surface area (Å²) >= 11 is 0. The number of hydrogen-bond donors (Lipinski definition) is 1. The van der Waals surface area contributed by atoms with Gasteiger partial charge in [0.1, 0.15) is 0 Å². The Morgan fingerprint density at radius 1 is 1.39 bits per heavy atom. The van der Waals surface area contributed by atoms with Gasteiger partial charge in [0, 0.05) is 25.6 Å². The molecular formula is C19H28N2O2. The van der Waals surface area contributed by atoms with E-state index in [1.165, 1.54) is 24.0 Å². The van der Waals surface area contributed by atoms with Crippen LogP contribution < -0.4 is 5.32 Å². The molecule has 0 radical (unpaired) electrons. The number of unbranched alkanes of at least 4 members (excludes halogenated alkanes) is 1. The Balaban J connectivity index is 1.66. The number of rotatable bonds is 6. The van der Waals surface area contributed by atoms with Crippen LogP contribution in [0.15, 0.2) is 24.3 Å². The minimum atomic E-state index is 0.0592. The van der Waals surface area contributed by atoms with Crippen molar-refractivity contribution in [1.82, 2.24) is 10.2 Å². The Morgan fingerprint density at radius 2 is 2.17 bits per heavy atom. The molecule has 1 fully saturated rings. The molecule has 4 nitrogen and oxygen atoms in total. The quantitative estimate of drug-likeness (QED) is 0.873. The molecule has 1 aromatic rings. The van der Waals surface area contributed by atoms with Crippen molar-refractivity contribution in [3.63, 3.8) is 0 Å². The topological polar surface area (TPSA) is 41.6 Å². The fourth-order valence-corrected chi connectivity index (χ4v) is 3.72. The first-order valence-electron chi connectivity index (χ1n) is 8.81. The fraction of sp³-hybridized carbons (Fsp3) is 0.632. The van der Waals surface area contributed by atoms with Gasteiger partial charge in [-0.15, -0.1) is 0 Å². The molecule has 1 spiro atoms. The first kappa shape index (κ1) is 16.3. The molecule has 126 valence electrons. The summed E-state index contributed by atoms with van der Waals surface area (Å²) in [6.07, 6.45) is 5.62. The number of ether oxygens (including phenoxy) is 1. The van der Waals surface area contributed by atoms with Crippen molar-refractivity contribution < 1.29 is 9.53 Å². The van der Waals surface area contributed by atoms with Gasteiger partial charge in [0.15, 0.2) is 0 Å². The number of carbonyl (C=O) groups excluding carboxylic acids is 1. The minimum Gasteiger partial charge on any atom is -0.383 e. The molecule has 1 atom stereocenters. The molecule has 2 amide bonds. The van der Waals surface area contributed by atoms with E-state index in [0.29, 0.717) is 6.61 Å². The lowest BCUT2D eigenvalue weighted by molar-refractivity contribution is 0.145. The van der Waals surface area contributed by atoms with Crippen molar-refractivity contribution in [2.24, 2.45) is 0 Å². The number of amides is 2. The zero-order chi connectivity index (χ0) is 16.3. The zero-order valence-corrected chi connectivity index (χ0v) is 14.3. The second-order valence-electron chi connectivity index (χ2n) is 7.04. The lowest BCUT2D eigenvalue weighted by Crippen LogP contribution is -2.50. The van der Waals surface area contributed by atoms with Crippen molar-refractivity contribution in [2.45, 2.75) is 57.0 Å². The summed E-state index contributed by atoms with van der Waals surface area (Å²) in [5, 5.41) is 3.18. The summed E-state index contributed by atoms with van der Waals surface area (Å²) in [6, 6.07) is 8.77. The first-order valence-corrected chi connectivity index (χ1v) is 8.81. The zero-order valence-electron chi connectivity index (χ0n) is 14.3. The standard InChI is InChI=1S/C19H28N2O2/c1-3-4-8-16(13-23-2)20-18(22)21-12-15-7-5-6-9-17(15)19(14-21)10-11-19/h5-7,9,16H,3-4,8,10-14H2,1-2H3,(H,20,22). The Bertz CT molecular complexity index is 554. The van der Waals surface area contributed by atoms with Crippen LogP contribution in [0.5, 0.6) is 0 Å². The number of hydrogen-bond acceptors (Lipinski definition) is 2. The third-order valence-corrected chi connectivity index (χ3v) is 5.19. The molecule has 2 aliphatic rings. The van der Waals surface area contributed by atoms with Crippen molar-refractivity contribution in [3.05, 3.63) is 35.4 Å². The maximum absolute atomic E-state index is 12.7. The molecule has 4 heteroatoms. The van der Waals surface area contributed by atoms with Gasteiger partial charge in [-0.1, -0.05) is 44.0 Å². The third-order valence-electron chi connectivity index (χ3n) is 5.19. The van der Waals surface area contributed by atoms with Gasteiger partial charge in [0.2, 0.25) is 0 Å². The van der Waals surface area contributed by atoms with Crippen LogP contribution in [-0.2, 0) is 16.7 Å². The van der Waals surface area contributed by atoms with Crippen LogP contribution in [0, 0.1) is 0 Å². The van der Waals surface area contributed by atoms with Gasteiger partial charge in [0.05, 0.1) is 12.6 Å². The molecule has 0 bridgehead atoms. The number of nitrogens with zero attached hydrogens (tertiary/aromatic N) is 1. The van der Waals surface area contributed by atoms with Crippen molar-refractivity contribution in [3.8, 4) is 0 Å². The second-order valence-corrected chi connectivity index (χ2v) is 7.04. The lowest BCUT2D eigenvalue weighted by atomic mass is 9.87. The van der Waals surface area contributed by atoms with Crippen LogP contribution in [0.2, 0.25) is 0 Å². The smallest absolute Gasteiger partial charge is 0.318 e. The largest absolute Gasteiger partial charge is 0.383 e. The third kappa shape index (κ3) is 3.52. The van der Waals surface area contributed by atoms with Gasteiger partial charge >= 0.3 is 6.03 Å². The lowest BCUT2D eigenvalue weighted by Gasteiger charge is -2.36. The maximum atomic E-state index is 12.7. The van der Waals surface area contributed by atoms with Gasteiger partial charge in [-0.2, -0.15) is 0 Å². The number of carbonyl (C=O) groups is 1. The summed E-state index contributed by atoms with van der Waals surface area (Å²) < 4.78 is 5.27. The predicted octanol–water partition coefficient (Wildman–Crippen LogP) is 3.45. The van der Waals surface area contributed by atoms with Crippen molar-refractivity contribution in [1.29, 1.82) is 0 Å². The van der Waals surface area contributed by atoms with Crippen LogP contribution >= 0.6 is 0 Å². The SMILES string of the molecule is CCCCC(COC)NC(=O)N1Cc2ccccc2C2(CC2)C1. The van der Waals surface area contributed by atoms with Crippen LogP contribution in [0.4, 0.5) is 4.79 Å². The number of methoxy groups -OCH3 is 1. The summed E-state index contributed by atoms with van der Waals surface area (Å²) in [7, 11) is 1.70. The highest BCUT2D eigenvalue weighted by molar-refractivity contribution is 5.75. The highest BCUT2D eigenvalue weighted by Gasteiger charge is 2.49. The van der Waals surface area contributed by atoms with E-state index in [-0.39, 0.29) is 17.5 Å². The van der Waals surface area contributed by atoms with Crippen LogP contribution in [0.3, 0.4) is 0 Å². The van der Waals surface area contributed by atoms with Gasteiger partial charge in [0.25, 0.3) is 0 Å². The van der Waals surface area contributed by atoms with Gasteiger partial charge in [-0.3, -0.25) is 0 Å². The summed E-state index contributed by atoms with van der Waals surface area (Å²) in [5.74, 6) is 0. The average Bonchev–Trinajstić information content (AvgIpc) is 3.32. The fourth-order valence-electron chi connectivity index (χ4n) is 3.72. The molecular weight excluding hydrogens is 288 g/mol. The molecule has 1 heterocycles. The minimum absolute atomic E-state index is 0.0592. The van der Waals surface area contributed by atoms with E-state index in [1.807, 2.05) is 4.90 Å². The monoisotopic (exact) mass is 316 g/mol. The van der Waals surface area contributed by atoms with E-state index in [2.05, 4.69) is 36.5 Å². The molecule has 1 aliphatic carbocycles. The molecule has 1 N–H and O–H groups in total. The summed E-state index contributed by atoms with van der Waals surface area (Å²) in [6.45, 7) is 4.33. The van der Waals surface area contributed by atoms with E-state index in [9.17, 15) is 4.79 Å². The molecule has 23 heavy (non-hydrogen) atoms. The van der Waals surface area contributed by atoms with E-state index in [1.54, 1.807) is 7.11 Å². The van der Waals surface area contributed by atoms with Crippen LogP contribution in [0.1, 0.15) is 50.2 Å². The molecule has 1 aliphatic heterocycles. The van der Waals surface area contributed by atoms with E-state index >= 15 is 0 Å². The van der Waals surface area contributed by atoms with Crippen LogP contribution in [0.25, 0.3) is 0 Å². The molecule has 1 unspecified atom stereocenters. The molecule has 3 rings (SSSR count). The normalized spacial score (nSPS) is 19.3. The Hall–Kier alpha value is -1.55. The first-order chi connectivity index (χ1) is 11.2. The Labute approximate surface area is 139 Å². The van der Waals surface area contributed by atoms with E-state index in [4.69, 9.17) is 4.74 Å². The highest BCUT2D eigenvalue weighted by atomic mass is 16.5. The number of nitrogens with one attached hydrogen (secondary N) is 1. The van der Waals surface area contributed by atoms with E-state index in [0.717, 1.165) is 32.4 Å². The number of benzene rings is 1. The highest BCUT2D eigenvalue weighted by Crippen LogP contribution is 2.52. The Kier molecular flexibility index (Phi) is 4.90. The summed E-state index contributed by atoms with van der Waals surface area (Å²) in [4.78, 5) is 14.7. The van der Waals surface area contributed by atoms with Crippen molar-refractivity contribution >= 4 is 6.03 Å². The summed E-state index contributed by atoms with van der Waals surface area (Å²) in [5.41, 5.74) is 3.00. The number of fused-ring (bicyclic) bond motifs is 2. The average molecular weight is 316 g/mol. The van der Waals surface area contributed by atoms with Crippen LogP contribution in [-0.4, -0.2) is 37.2 Å². The maximum Gasteiger partial charge on any atom is 0.318 e. The molecule has 0 aromatic heterocycles. The van der Waals surface area contributed by atoms with Gasteiger partial charge < -0.3 is 15.0 Å². The molecule has 0 saturated heterocycles. The van der Waals surface area contributed by atoms with E-state index < -0.39 is 0 Å².